The van der Waals surface area contributed by atoms with Crippen LogP contribution in [0, 0.1) is 0 Å². The molecule has 0 radical (unpaired) electrons. The molecule has 3 rings (SSSR count). The fourth-order valence-electron chi connectivity index (χ4n) is 3.07. The van der Waals surface area contributed by atoms with Crippen LogP contribution in [-0.2, 0) is 4.79 Å². The number of carbonyl (C=O) groups excluding carboxylic acids is 1. The Morgan fingerprint density at radius 2 is 1.57 bits per heavy atom. The molecular formula is C22H23N3O3. The number of ketones is 1. The number of benzene rings is 1. The molecule has 0 amide bonds. The Bertz CT molecular complexity index is 913. The Morgan fingerprint density at radius 3 is 2.25 bits per heavy atom. The zero-order valence-electron chi connectivity index (χ0n) is 15.8. The minimum atomic E-state index is -1.03. The maximum absolute atomic E-state index is 12.8. The first-order chi connectivity index (χ1) is 13.5. The highest BCUT2D eigenvalue weighted by Gasteiger charge is 2.18. The Labute approximate surface area is 164 Å². The predicted octanol–water partition coefficient (Wildman–Crippen LogP) is 2.83. The number of para-hydroxylation sites is 1. The van der Waals surface area contributed by atoms with Crippen molar-refractivity contribution in [3.63, 3.8) is 0 Å². The summed E-state index contributed by atoms with van der Waals surface area (Å²) in [6, 6.07) is 12.9. The van der Waals surface area contributed by atoms with Gasteiger partial charge in [-0.2, -0.15) is 0 Å². The molecule has 2 aromatic rings. The number of allylic oxidation sites excluding steroid dienone is 1. The quantitative estimate of drug-likeness (QED) is 0.616. The van der Waals surface area contributed by atoms with Gasteiger partial charge in [0, 0.05) is 43.5 Å². The molecule has 1 N–H and O–H groups in total. The van der Waals surface area contributed by atoms with Crippen LogP contribution in [0.15, 0.2) is 54.6 Å². The summed E-state index contributed by atoms with van der Waals surface area (Å²) in [7, 11) is 2.10. The number of nitrogens with zero attached hydrogens (tertiary/aromatic N) is 3. The number of aromatic nitrogens is 1. The number of likely N-dealkylation sites (N-methyl/N-ethyl adjacent to an activating group) is 1. The number of hydrogen-bond acceptors (Lipinski definition) is 5. The van der Waals surface area contributed by atoms with Crippen LogP contribution in [0.4, 0.5) is 5.69 Å². The molecule has 1 aliphatic heterocycles. The zero-order chi connectivity index (χ0) is 19.9. The largest absolute Gasteiger partial charge is 0.478 e. The summed E-state index contributed by atoms with van der Waals surface area (Å²) in [6.45, 7) is 3.73. The molecule has 1 aliphatic rings. The van der Waals surface area contributed by atoms with Crippen molar-refractivity contribution in [1.82, 2.24) is 9.88 Å². The number of piperazine rings is 1. The van der Waals surface area contributed by atoms with Crippen LogP contribution in [0.5, 0.6) is 0 Å². The highest BCUT2D eigenvalue weighted by atomic mass is 16.4. The van der Waals surface area contributed by atoms with Crippen LogP contribution >= 0.6 is 0 Å². The van der Waals surface area contributed by atoms with Crippen molar-refractivity contribution in [2.75, 3.05) is 38.1 Å². The molecule has 0 bridgehead atoms. The molecule has 6 heteroatoms. The van der Waals surface area contributed by atoms with Gasteiger partial charge in [-0.25, -0.2) is 9.78 Å². The molecule has 1 saturated heterocycles. The van der Waals surface area contributed by atoms with E-state index in [9.17, 15) is 9.59 Å². The van der Waals surface area contributed by atoms with Crippen molar-refractivity contribution < 1.29 is 14.7 Å². The van der Waals surface area contributed by atoms with E-state index in [2.05, 4.69) is 21.8 Å². The second-order valence-electron chi connectivity index (χ2n) is 6.66. The highest BCUT2D eigenvalue weighted by molar-refractivity contribution is 6.10. The molecule has 0 atom stereocenters. The van der Waals surface area contributed by atoms with E-state index in [1.807, 2.05) is 24.3 Å². The molecule has 0 unspecified atom stereocenters. The first kappa shape index (κ1) is 19.5. The summed E-state index contributed by atoms with van der Waals surface area (Å²) in [6.07, 6.45) is 5.63. The topological polar surface area (TPSA) is 73.7 Å². The third-order valence-electron chi connectivity index (χ3n) is 4.61. The number of hydrogen-bond donors (Lipinski definition) is 1. The van der Waals surface area contributed by atoms with Gasteiger partial charge in [0.15, 0.2) is 5.78 Å². The van der Waals surface area contributed by atoms with E-state index in [1.165, 1.54) is 12.2 Å². The van der Waals surface area contributed by atoms with E-state index in [-0.39, 0.29) is 5.78 Å². The lowest BCUT2D eigenvalue weighted by atomic mass is 10.1. The predicted molar refractivity (Wildman–Crippen MR) is 110 cm³/mol. The van der Waals surface area contributed by atoms with Gasteiger partial charge in [0.05, 0.1) is 11.4 Å². The second-order valence-corrected chi connectivity index (χ2v) is 6.66. The van der Waals surface area contributed by atoms with Gasteiger partial charge < -0.3 is 14.9 Å². The van der Waals surface area contributed by atoms with Gasteiger partial charge in [-0.1, -0.05) is 18.2 Å². The maximum Gasteiger partial charge on any atom is 0.328 e. The second kappa shape index (κ2) is 9.10. The summed E-state index contributed by atoms with van der Waals surface area (Å²) in [5, 5.41) is 8.71. The third kappa shape index (κ3) is 5.14. The van der Waals surface area contributed by atoms with Crippen LogP contribution in [-0.4, -0.2) is 60.0 Å². The van der Waals surface area contributed by atoms with E-state index < -0.39 is 5.97 Å². The van der Waals surface area contributed by atoms with Crippen LogP contribution < -0.4 is 4.90 Å². The lowest BCUT2D eigenvalue weighted by Gasteiger charge is -2.34. The van der Waals surface area contributed by atoms with E-state index in [4.69, 9.17) is 5.11 Å². The van der Waals surface area contributed by atoms with Crippen molar-refractivity contribution in [2.45, 2.75) is 0 Å². The molecule has 144 valence electrons. The lowest BCUT2D eigenvalue weighted by Crippen LogP contribution is -2.44. The number of pyridine rings is 1. The molecule has 28 heavy (non-hydrogen) atoms. The van der Waals surface area contributed by atoms with Gasteiger partial charge in [0.2, 0.25) is 0 Å². The third-order valence-corrected chi connectivity index (χ3v) is 4.61. The molecule has 2 heterocycles. The normalized spacial score (nSPS) is 15.4. The van der Waals surface area contributed by atoms with Crippen LogP contribution in [0.25, 0.3) is 12.2 Å². The average molecular weight is 377 g/mol. The lowest BCUT2D eigenvalue weighted by molar-refractivity contribution is -0.131. The first-order valence-corrected chi connectivity index (χ1v) is 9.16. The molecule has 1 aromatic carbocycles. The van der Waals surface area contributed by atoms with Gasteiger partial charge in [0.1, 0.15) is 0 Å². The van der Waals surface area contributed by atoms with Crippen molar-refractivity contribution in [1.29, 1.82) is 0 Å². The van der Waals surface area contributed by atoms with E-state index >= 15 is 0 Å². The van der Waals surface area contributed by atoms with E-state index in [0.29, 0.717) is 17.0 Å². The summed E-state index contributed by atoms with van der Waals surface area (Å²) in [5.41, 5.74) is 2.74. The van der Waals surface area contributed by atoms with Gasteiger partial charge >= 0.3 is 5.97 Å². The van der Waals surface area contributed by atoms with Crippen molar-refractivity contribution in [3.05, 3.63) is 71.6 Å². The minimum Gasteiger partial charge on any atom is -0.478 e. The smallest absolute Gasteiger partial charge is 0.328 e. The van der Waals surface area contributed by atoms with Gasteiger partial charge in [-0.05, 0) is 49.5 Å². The molecule has 1 aromatic heterocycles. The molecule has 0 spiro atoms. The first-order valence-electron chi connectivity index (χ1n) is 9.16. The number of carboxylic acid groups (broad SMARTS) is 1. The SMILES string of the molecule is CN1CCN(c2ccccc2C(=O)C=Cc2cccc(C=CC(=O)O)n2)CC1. The molecule has 6 nitrogen and oxygen atoms in total. The number of anilines is 1. The van der Waals surface area contributed by atoms with Gasteiger partial charge in [-0.3, -0.25) is 4.79 Å². The van der Waals surface area contributed by atoms with Gasteiger partial charge in [-0.15, -0.1) is 0 Å². The summed E-state index contributed by atoms with van der Waals surface area (Å²) >= 11 is 0. The zero-order valence-corrected chi connectivity index (χ0v) is 15.8. The molecular weight excluding hydrogens is 354 g/mol. The fraction of sp³-hybridized carbons (Fsp3) is 0.227. The van der Waals surface area contributed by atoms with Crippen LogP contribution in [0.2, 0.25) is 0 Å². The van der Waals surface area contributed by atoms with Crippen molar-refractivity contribution in [2.24, 2.45) is 0 Å². The number of rotatable bonds is 6. The Hall–Kier alpha value is -3.25. The monoisotopic (exact) mass is 377 g/mol. The Morgan fingerprint density at radius 1 is 0.929 bits per heavy atom. The molecule has 1 fully saturated rings. The van der Waals surface area contributed by atoms with Crippen LogP contribution in [0.1, 0.15) is 21.7 Å². The summed E-state index contributed by atoms with van der Waals surface area (Å²) < 4.78 is 0. The number of carboxylic acids is 1. The summed E-state index contributed by atoms with van der Waals surface area (Å²) in [5.74, 6) is -1.11. The van der Waals surface area contributed by atoms with Gasteiger partial charge in [0.25, 0.3) is 0 Å². The molecule has 0 saturated carbocycles. The highest BCUT2D eigenvalue weighted by Crippen LogP contribution is 2.22. The average Bonchev–Trinajstić information content (AvgIpc) is 2.71. The molecule has 0 aliphatic carbocycles. The Kier molecular flexibility index (Phi) is 6.34. The minimum absolute atomic E-state index is 0.0807. The van der Waals surface area contributed by atoms with Crippen LogP contribution in [0.3, 0.4) is 0 Å². The number of carbonyl (C=O) groups is 2. The number of aliphatic carboxylic acids is 1. The fourth-order valence-corrected chi connectivity index (χ4v) is 3.07. The Balaban J connectivity index is 1.77. The van der Waals surface area contributed by atoms with Crippen molar-refractivity contribution in [3.8, 4) is 0 Å². The van der Waals surface area contributed by atoms with Crippen molar-refractivity contribution >= 4 is 29.6 Å². The van der Waals surface area contributed by atoms with E-state index in [1.54, 1.807) is 24.3 Å². The standard InChI is InChI=1S/C22H23N3O3/c1-24-13-15-25(16-14-24)20-8-3-2-7-19(20)21(26)11-9-17-5-4-6-18(23-17)10-12-22(27)28/h2-12H,13-16H2,1H3,(H,27,28). The van der Waals surface area contributed by atoms with E-state index in [0.717, 1.165) is 37.9 Å². The summed E-state index contributed by atoms with van der Waals surface area (Å²) in [4.78, 5) is 32.3. The maximum atomic E-state index is 12.8.